The maximum absolute atomic E-state index is 13.0. The van der Waals surface area contributed by atoms with Crippen LogP contribution >= 0.6 is 0 Å². The highest BCUT2D eigenvalue weighted by atomic mass is 16.5. The number of aryl methyl sites for hydroxylation is 1. The molecule has 0 unspecified atom stereocenters. The number of hydrogen-bond donors (Lipinski definition) is 1. The van der Waals surface area contributed by atoms with Crippen molar-refractivity contribution in [1.82, 2.24) is 14.5 Å². The highest BCUT2D eigenvalue weighted by molar-refractivity contribution is 5.98. The molecule has 0 aliphatic carbocycles. The summed E-state index contributed by atoms with van der Waals surface area (Å²) in [6.07, 6.45) is 3.12. The first-order chi connectivity index (χ1) is 16.9. The van der Waals surface area contributed by atoms with Crippen LogP contribution in [0.5, 0.6) is 17.2 Å². The fourth-order valence-electron chi connectivity index (χ4n) is 3.75. The number of benzene rings is 2. The molecule has 1 amide bonds. The van der Waals surface area contributed by atoms with Crippen molar-refractivity contribution in [2.75, 3.05) is 39.7 Å². The third-order valence-electron chi connectivity index (χ3n) is 5.32. The second-order valence-electron chi connectivity index (χ2n) is 8.24. The van der Waals surface area contributed by atoms with Gasteiger partial charge in [0.2, 0.25) is 11.7 Å². The molecule has 0 spiro atoms. The van der Waals surface area contributed by atoms with Crippen molar-refractivity contribution in [2.24, 2.45) is 7.05 Å². The van der Waals surface area contributed by atoms with E-state index >= 15 is 0 Å². The van der Waals surface area contributed by atoms with Crippen LogP contribution in [0.15, 0.2) is 30.3 Å². The van der Waals surface area contributed by atoms with E-state index in [0.717, 1.165) is 42.7 Å². The Bertz CT molecular complexity index is 1080. The van der Waals surface area contributed by atoms with Gasteiger partial charge in [-0.2, -0.15) is 0 Å². The normalized spacial score (nSPS) is 10.4. The standard InChI is InChI=1S/C24H32N4O4.C3H8/c1-7-11-28(12-8-2)23(29)16-9-10-18-19(13-16)27(3)24(26-18)25-17-14-20(30-4)22(32-6)21(15-17)31-5;1-3-2/h9-10,13-15H,7-8,11-12H2,1-6H3,(H,25,26);3H2,1-2H3. The molecule has 0 saturated carbocycles. The number of nitrogens with one attached hydrogen (secondary N) is 1. The SMILES string of the molecule is CCC.CCCN(CCC)C(=O)c1ccc2nc(Nc3cc(OC)c(OC)c(OC)c3)n(C)c2c1. The second-order valence-corrected chi connectivity index (χ2v) is 8.24. The molecule has 8 nitrogen and oxygen atoms in total. The van der Waals surface area contributed by atoms with Crippen LogP contribution in [0.1, 0.15) is 57.3 Å². The average Bonchev–Trinajstić information content (AvgIpc) is 3.17. The zero-order chi connectivity index (χ0) is 26.0. The second kappa shape index (κ2) is 13.5. The van der Waals surface area contributed by atoms with E-state index in [1.54, 1.807) is 21.3 Å². The lowest BCUT2D eigenvalue weighted by Crippen LogP contribution is -2.32. The Kier molecular flexibility index (Phi) is 10.7. The molecule has 3 aromatic rings. The van der Waals surface area contributed by atoms with Gasteiger partial charge >= 0.3 is 0 Å². The Morgan fingerprint density at radius 3 is 2.00 bits per heavy atom. The molecule has 1 aromatic heterocycles. The van der Waals surface area contributed by atoms with E-state index < -0.39 is 0 Å². The third-order valence-corrected chi connectivity index (χ3v) is 5.32. The van der Waals surface area contributed by atoms with E-state index in [-0.39, 0.29) is 5.91 Å². The molecule has 8 heteroatoms. The van der Waals surface area contributed by atoms with Gasteiger partial charge in [0.15, 0.2) is 11.5 Å². The molecule has 0 fully saturated rings. The summed E-state index contributed by atoms with van der Waals surface area (Å²) in [4.78, 5) is 19.6. The number of imidazole rings is 1. The number of carbonyl (C=O) groups is 1. The van der Waals surface area contributed by atoms with E-state index in [4.69, 9.17) is 19.2 Å². The molecule has 0 saturated heterocycles. The molecule has 0 bridgehead atoms. The number of fused-ring (bicyclic) bond motifs is 1. The van der Waals surface area contributed by atoms with Crippen molar-refractivity contribution in [1.29, 1.82) is 0 Å². The zero-order valence-electron chi connectivity index (χ0n) is 22.4. The van der Waals surface area contributed by atoms with Crippen molar-refractivity contribution in [3.63, 3.8) is 0 Å². The van der Waals surface area contributed by atoms with Gasteiger partial charge < -0.3 is 29.0 Å². The highest BCUT2D eigenvalue weighted by Gasteiger charge is 2.18. The van der Waals surface area contributed by atoms with Crippen LogP contribution < -0.4 is 19.5 Å². The summed E-state index contributed by atoms with van der Waals surface area (Å²) in [6, 6.07) is 9.29. The Morgan fingerprint density at radius 1 is 0.943 bits per heavy atom. The van der Waals surface area contributed by atoms with E-state index in [0.29, 0.717) is 28.8 Å². The minimum atomic E-state index is 0.0518. The summed E-state index contributed by atoms with van der Waals surface area (Å²) in [6.45, 7) is 9.93. The molecular weight excluding hydrogens is 444 g/mol. The number of rotatable bonds is 10. The van der Waals surface area contributed by atoms with Gasteiger partial charge in [-0.3, -0.25) is 4.79 Å². The quantitative estimate of drug-likeness (QED) is 0.379. The summed E-state index contributed by atoms with van der Waals surface area (Å²) in [7, 11) is 6.64. The molecule has 0 atom stereocenters. The molecule has 0 aliphatic rings. The molecular formula is C27H40N4O4. The number of carbonyl (C=O) groups excluding carboxylic acids is 1. The van der Waals surface area contributed by atoms with Crippen molar-refractivity contribution in [2.45, 2.75) is 47.0 Å². The zero-order valence-corrected chi connectivity index (χ0v) is 22.4. The number of nitrogens with zero attached hydrogens (tertiary/aromatic N) is 3. The lowest BCUT2D eigenvalue weighted by molar-refractivity contribution is 0.0755. The minimum absolute atomic E-state index is 0.0518. The van der Waals surface area contributed by atoms with Gasteiger partial charge in [0.25, 0.3) is 5.91 Å². The van der Waals surface area contributed by atoms with E-state index in [9.17, 15) is 4.79 Å². The van der Waals surface area contributed by atoms with E-state index in [1.165, 1.54) is 6.42 Å². The molecule has 0 aliphatic heterocycles. The summed E-state index contributed by atoms with van der Waals surface area (Å²) in [5.41, 5.74) is 3.09. The van der Waals surface area contributed by atoms with Crippen molar-refractivity contribution >= 4 is 28.6 Å². The molecule has 1 N–H and O–H groups in total. The molecule has 0 radical (unpaired) electrons. The average molecular weight is 485 g/mol. The fourth-order valence-corrected chi connectivity index (χ4v) is 3.75. The van der Waals surface area contributed by atoms with E-state index in [1.807, 2.05) is 46.8 Å². The van der Waals surface area contributed by atoms with Crippen LogP contribution in [0, 0.1) is 0 Å². The molecule has 1 heterocycles. The number of hydrogen-bond acceptors (Lipinski definition) is 6. The maximum atomic E-state index is 13.0. The van der Waals surface area contributed by atoms with Crippen molar-refractivity contribution < 1.29 is 19.0 Å². The molecule has 35 heavy (non-hydrogen) atoms. The van der Waals surface area contributed by atoms with Crippen molar-refractivity contribution in [3.8, 4) is 17.2 Å². The molecule has 3 rings (SSSR count). The Hall–Kier alpha value is -3.42. The molecule has 192 valence electrons. The topological polar surface area (TPSA) is 77.9 Å². The monoisotopic (exact) mass is 484 g/mol. The number of ether oxygens (including phenoxy) is 3. The number of methoxy groups -OCH3 is 3. The summed E-state index contributed by atoms with van der Waals surface area (Å²) >= 11 is 0. The van der Waals surface area contributed by atoms with Crippen LogP contribution in [-0.4, -0.2) is 54.8 Å². The van der Waals surface area contributed by atoms with Gasteiger partial charge in [-0.15, -0.1) is 0 Å². The highest BCUT2D eigenvalue weighted by Crippen LogP contribution is 2.40. The van der Waals surface area contributed by atoms with Crippen LogP contribution in [0.25, 0.3) is 11.0 Å². The van der Waals surface area contributed by atoms with Gasteiger partial charge in [-0.25, -0.2) is 4.98 Å². The Balaban J connectivity index is 0.00000137. The van der Waals surface area contributed by atoms with Crippen molar-refractivity contribution in [3.05, 3.63) is 35.9 Å². The first kappa shape index (κ1) is 27.8. The first-order valence-corrected chi connectivity index (χ1v) is 12.2. The summed E-state index contributed by atoms with van der Waals surface area (Å²) in [5, 5.41) is 3.32. The van der Waals surface area contributed by atoms with Gasteiger partial charge in [-0.05, 0) is 31.0 Å². The maximum Gasteiger partial charge on any atom is 0.253 e. The summed E-state index contributed by atoms with van der Waals surface area (Å²) < 4.78 is 18.2. The minimum Gasteiger partial charge on any atom is -0.493 e. The van der Waals surface area contributed by atoms with Crippen LogP contribution in [0.4, 0.5) is 11.6 Å². The predicted octanol–water partition coefficient (Wildman–Crippen LogP) is 6.02. The van der Waals surface area contributed by atoms with Gasteiger partial charge in [0, 0.05) is 43.5 Å². The Morgan fingerprint density at radius 2 is 1.51 bits per heavy atom. The Labute approximate surface area is 209 Å². The van der Waals surface area contributed by atoms with Gasteiger partial charge in [-0.1, -0.05) is 34.1 Å². The van der Waals surface area contributed by atoms with Crippen LogP contribution in [0.3, 0.4) is 0 Å². The third kappa shape index (κ3) is 6.59. The number of anilines is 2. The van der Waals surface area contributed by atoms with Crippen LogP contribution in [0.2, 0.25) is 0 Å². The number of amides is 1. The largest absolute Gasteiger partial charge is 0.493 e. The summed E-state index contributed by atoms with van der Waals surface area (Å²) in [5.74, 6) is 2.31. The molecule has 2 aromatic carbocycles. The number of aromatic nitrogens is 2. The van der Waals surface area contributed by atoms with Gasteiger partial charge in [0.1, 0.15) is 0 Å². The first-order valence-electron chi connectivity index (χ1n) is 12.2. The smallest absolute Gasteiger partial charge is 0.253 e. The predicted molar refractivity (Wildman–Crippen MR) is 143 cm³/mol. The lowest BCUT2D eigenvalue weighted by Gasteiger charge is -2.21. The van der Waals surface area contributed by atoms with Gasteiger partial charge in [0.05, 0.1) is 32.4 Å². The van der Waals surface area contributed by atoms with Crippen LogP contribution in [-0.2, 0) is 7.05 Å². The fraction of sp³-hybridized carbons (Fsp3) is 0.481. The van der Waals surface area contributed by atoms with E-state index in [2.05, 4.69) is 33.0 Å². The lowest BCUT2D eigenvalue weighted by atomic mass is 10.1.